The van der Waals surface area contributed by atoms with Crippen molar-refractivity contribution in [3.05, 3.63) is 44.6 Å². The maximum absolute atomic E-state index is 13.0. The van der Waals surface area contributed by atoms with Crippen LogP contribution in [0.5, 0.6) is 5.75 Å². The van der Waals surface area contributed by atoms with Crippen molar-refractivity contribution in [2.75, 3.05) is 6.61 Å². The number of aromatic nitrogens is 1. The molecule has 1 heterocycles. The first kappa shape index (κ1) is 15.7. The molecule has 6 heteroatoms. The third kappa shape index (κ3) is 4.72. The maximum Gasteiger partial charge on any atom is 0.137 e. The van der Waals surface area contributed by atoms with Gasteiger partial charge in [-0.25, -0.2) is 9.37 Å². The predicted octanol–water partition coefficient (Wildman–Crippen LogP) is 5.19. The van der Waals surface area contributed by atoms with E-state index in [4.69, 9.17) is 16.3 Å². The first-order valence-corrected chi connectivity index (χ1v) is 8.47. The molecular weight excluding hydrogens is 365 g/mol. The zero-order chi connectivity index (χ0) is 14.4. The molecule has 0 unspecified atom stereocenters. The second-order valence-corrected chi connectivity index (χ2v) is 6.31. The van der Waals surface area contributed by atoms with Gasteiger partial charge in [0.2, 0.25) is 0 Å². The number of hydrogen-bond donors (Lipinski definition) is 0. The van der Waals surface area contributed by atoms with Crippen molar-refractivity contribution in [3.8, 4) is 5.75 Å². The van der Waals surface area contributed by atoms with Crippen molar-refractivity contribution in [1.82, 2.24) is 4.98 Å². The highest BCUT2D eigenvalue weighted by Gasteiger charge is 2.03. The predicted molar refractivity (Wildman–Crippen MR) is 84.2 cm³/mol. The van der Waals surface area contributed by atoms with Crippen LogP contribution in [0.25, 0.3) is 0 Å². The molecule has 0 radical (unpaired) electrons. The summed E-state index contributed by atoms with van der Waals surface area (Å²) in [5.74, 6) is 0.868. The van der Waals surface area contributed by atoms with Crippen LogP contribution in [0.3, 0.4) is 0 Å². The smallest absolute Gasteiger partial charge is 0.137 e. The van der Waals surface area contributed by atoms with E-state index in [-0.39, 0.29) is 5.82 Å². The molecule has 0 amide bonds. The highest BCUT2D eigenvalue weighted by Crippen LogP contribution is 2.22. The van der Waals surface area contributed by atoms with Crippen LogP contribution < -0.4 is 4.74 Å². The number of thiazole rings is 1. The molecule has 0 fully saturated rings. The Labute approximate surface area is 135 Å². The molecule has 2 nitrogen and oxygen atoms in total. The van der Waals surface area contributed by atoms with Gasteiger partial charge in [0.05, 0.1) is 27.7 Å². The first-order chi connectivity index (χ1) is 9.69. The van der Waals surface area contributed by atoms with E-state index < -0.39 is 0 Å². The third-order valence-electron chi connectivity index (χ3n) is 2.68. The van der Waals surface area contributed by atoms with Crippen molar-refractivity contribution in [3.63, 3.8) is 0 Å². The molecule has 0 spiro atoms. The maximum atomic E-state index is 13.0. The summed E-state index contributed by atoms with van der Waals surface area (Å²) in [5.41, 5.74) is 0.944. The zero-order valence-corrected chi connectivity index (χ0v) is 13.9. The van der Waals surface area contributed by atoms with Crippen LogP contribution in [0.1, 0.15) is 23.5 Å². The Hall–Kier alpha value is -0.650. The van der Waals surface area contributed by atoms with Gasteiger partial charge in [0.15, 0.2) is 0 Å². The summed E-state index contributed by atoms with van der Waals surface area (Å²) in [7, 11) is 0. The van der Waals surface area contributed by atoms with Gasteiger partial charge in [-0.1, -0.05) is 0 Å². The van der Waals surface area contributed by atoms with E-state index in [1.807, 2.05) is 5.38 Å². The highest BCUT2D eigenvalue weighted by molar-refractivity contribution is 9.10. The fourth-order valence-corrected chi connectivity index (χ4v) is 3.09. The van der Waals surface area contributed by atoms with E-state index in [1.165, 1.54) is 6.07 Å². The number of halogens is 3. The fraction of sp³-hybridized carbons (Fsp3) is 0.357. The summed E-state index contributed by atoms with van der Waals surface area (Å²) in [5, 5.41) is 3.11. The molecule has 0 bridgehead atoms. The lowest BCUT2D eigenvalue weighted by molar-refractivity contribution is 0.306. The molecule has 0 aliphatic carbocycles. The minimum atomic E-state index is -0.281. The Morgan fingerprint density at radius 1 is 1.35 bits per heavy atom. The number of unbranched alkanes of at least 4 members (excludes halogenated alkanes) is 1. The van der Waals surface area contributed by atoms with Crippen molar-refractivity contribution in [2.24, 2.45) is 0 Å². The van der Waals surface area contributed by atoms with Crippen molar-refractivity contribution >= 4 is 38.9 Å². The molecule has 0 saturated carbocycles. The van der Waals surface area contributed by atoms with Gasteiger partial charge in [0.25, 0.3) is 0 Å². The number of hydrogen-bond acceptors (Lipinski definition) is 3. The second-order valence-electron chi connectivity index (χ2n) is 4.25. The van der Waals surface area contributed by atoms with Crippen LogP contribution in [0.2, 0.25) is 0 Å². The number of nitrogens with zero attached hydrogens (tertiary/aromatic N) is 1. The van der Waals surface area contributed by atoms with Gasteiger partial charge < -0.3 is 4.74 Å². The van der Waals surface area contributed by atoms with Crippen molar-refractivity contribution < 1.29 is 9.13 Å². The lowest BCUT2D eigenvalue weighted by atomic mass is 10.2. The standard InChI is InChI=1S/C14H14BrClFNOS/c15-12-7-11(4-5-13(12)17)19-6-2-1-3-14-18-10(8-16)9-20-14/h4-5,7,9H,1-3,6,8H2. The molecule has 1 aromatic carbocycles. The van der Waals surface area contributed by atoms with Crippen LogP contribution in [-0.2, 0) is 12.3 Å². The molecule has 0 N–H and O–H groups in total. The largest absolute Gasteiger partial charge is 0.494 e. The first-order valence-electron chi connectivity index (χ1n) is 6.26. The van der Waals surface area contributed by atoms with Gasteiger partial charge in [-0.3, -0.25) is 0 Å². The highest BCUT2D eigenvalue weighted by atomic mass is 79.9. The number of rotatable bonds is 7. The lowest BCUT2D eigenvalue weighted by Crippen LogP contribution is -1.98. The third-order valence-corrected chi connectivity index (χ3v) is 4.52. The summed E-state index contributed by atoms with van der Waals surface area (Å²) in [6.45, 7) is 0.617. The average molecular weight is 379 g/mol. The fourth-order valence-electron chi connectivity index (χ4n) is 1.66. The van der Waals surface area contributed by atoms with Crippen LogP contribution in [0.4, 0.5) is 4.39 Å². The van der Waals surface area contributed by atoms with E-state index in [0.717, 1.165) is 30.0 Å². The zero-order valence-electron chi connectivity index (χ0n) is 10.7. The molecular formula is C14H14BrClFNOS. The Morgan fingerprint density at radius 3 is 2.90 bits per heavy atom. The number of aryl methyl sites for hydroxylation is 1. The normalized spacial score (nSPS) is 10.8. The van der Waals surface area contributed by atoms with E-state index in [1.54, 1.807) is 23.5 Å². The van der Waals surface area contributed by atoms with Crippen LogP contribution in [0.15, 0.2) is 28.1 Å². The molecule has 0 aliphatic heterocycles. The van der Waals surface area contributed by atoms with Crippen LogP contribution >= 0.6 is 38.9 Å². The minimum Gasteiger partial charge on any atom is -0.494 e. The van der Waals surface area contributed by atoms with E-state index in [0.29, 0.717) is 22.7 Å². The Morgan fingerprint density at radius 2 is 2.20 bits per heavy atom. The minimum absolute atomic E-state index is 0.281. The molecule has 0 atom stereocenters. The summed E-state index contributed by atoms with van der Waals surface area (Å²) in [6.07, 6.45) is 2.89. The van der Waals surface area contributed by atoms with Crippen molar-refractivity contribution in [2.45, 2.75) is 25.1 Å². The number of ether oxygens (including phenoxy) is 1. The lowest BCUT2D eigenvalue weighted by Gasteiger charge is -2.06. The molecule has 2 aromatic rings. The van der Waals surface area contributed by atoms with Gasteiger partial charge in [0.1, 0.15) is 11.6 Å². The van der Waals surface area contributed by atoms with Crippen LogP contribution in [0, 0.1) is 5.82 Å². The summed E-state index contributed by atoms with van der Waals surface area (Å²) in [6, 6.07) is 4.67. The topological polar surface area (TPSA) is 22.1 Å². The number of alkyl halides is 1. The Kier molecular flexibility index (Phi) is 6.26. The quantitative estimate of drug-likeness (QED) is 0.489. The van der Waals surface area contributed by atoms with E-state index in [9.17, 15) is 4.39 Å². The van der Waals surface area contributed by atoms with Crippen molar-refractivity contribution in [1.29, 1.82) is 0 Å². The SMILES string of the molecule is Fc1ccc(OCCCCc2nc(CCl)cs2)cc1Br. The van der Waals surface area contributed by atoms with Gasteiger partial charge in [-0.05, 0) is 53.4 Å². The van der Waals surface area contributed by atoms with Gasteiger partial charge in [0, 0.05) is 5.38 Å². The monoisotopic (exact) mass is 377 g/mol. The Balaban J connectivity index is 1.67. The van der Waals surface area contributed by atoms with Gasteiger partial charge >= 0.3 is 0 Å². The average Bonchev–Trinajstić information content (AvgIpc) is 2.90. The molecule has 2 rings (SSSR count). The number of benzene rings is 1. The Bertz CT molecular complexity index is 564. The molecule has 0 aliphatic rings. The summed E-state index contributed by atoms with van der Waals surface area (Å²) in [4.78, 5) is 4.40. The molecule has 1 aromatic heterocycles. The van der Waals surface area contributed by atoms with Gasteiger partial charge in [-0.15, -0.1) is 22.9 Å². The molecule has 108 valence electrons. The van der Waals surface area contributed by atoms with Crippen LogP contribution in [-0.4, -0.2) is 11.6 Å². The van der Waals surface area contributed by atoms with E-state index >= 15 is 0 Å². The second kappa shape index (κ2) is 7.96. The van der Waals surface area contributed by atoms with E-state index in [2.05, 4.69) is 20.9 Å². The molecule has 0 saturated heterocycles. The molecule has 20 heavy (non-hydrogen) atoms. The van der Waals surface area contributed by atoms with Gasteiger partial charge in [-0.2, -0.15) is 0 Å². The summed E-state index contributed by atoms with van der Waals surface area (Å²) < 4.78 is 19.0. The summed E-state index contributed by atoms with van der Waals surface area (Å²) >= 11 is 10.5.